The minimum Gasteiger partial charge on any atom is -0.491 e. The van der Waals surface area contributed by atoms with E-state index in [1.165, 1.54) is 0 Å². The molecule has 0 fully saturated rings. The van der Waals surface area contributed by atoms with Crippen LogP contribution in [0, 0.1) is 6.92 Å². The Morgan fingerprint density at radius 2 is 2.04 bits per heavy atom. The fourth-order valence-corrected chi connectivity index (χ4v) is 2.61. The summed E-state index contributed by atoms with van der Waals surface area (Å²) in [7, 11) is 1.99. The topological polar surface area (TPSA) is 64.3 Å². The fraction of sp³-hybridized carbons (Fsp3) is 0.316. The van der Waals surface area contributed by atoms with Crippen molar-refractivity contribution in [2.24, 2.45) is 0 Å². The molecule has 0 bridgehead atoms. The van der Waals surface area contributed by atoms with Gasteiger partial charge in [0.15, 0.2) is 5.82 Å². The molecule has 0 spiro atoms. The molecule has 0 radical (unpaired) electrons. The maximum atomic E-state index is 5.77. The minimum atomic E-state index is 0.149. The van der Waals surface area contributed by atoms with Gasteiger partial charge in [0, 0.05) is 19.8 Å². The second kappa shape index (κ2) is 7.34. The monoisotopic (exact) mass is 338 g/mol. The molecule has 25 heavy (non-hydrogen) atoms. The molecular weight excluding hydrogens is 316 g/mol. The predicted octanol–water partition coefficient (Wildman–Crippen LogP) is 3.86. The van der Waals surface area contributed by atoms with Crippen LogP contribution in [0.4, 0.5) is 5.82 Å². The maximum Gasteiger partial charge on any atom is 0.261 e. The first-order valence-electron chi connectivity index (χ1n) is 8.25. The molecule has 0 saturated heterocycles. The van der Waals surface area contributed by atoms with Gasteiger partial charge in [-0.3, -0.25) is 0 Å². The van der Waals surface area contributed by atoms with Crippen LogP contribution in [0.1, 0.15) is 25.2 Å². The van der Waals surface area contributed by atoms with Crippen molar-refractivity contribution in [1.29, 1.82) is 0 Å². The molecule has 6 nitrogen and oxygen atoms in total. The molecule has 130 valence electrons. The molecular formula is C19H22N4O2. The van der Waals surface area contributed by atoms with Crippen molar-refractivity contribution < 1.29 is 9.26 Å². The summed E-state index contributed by atoms with van der Waals surface area (Å²) in [5, 5.41) is 3.87. The van der Waals surface area contributed by atoms with Crippen LogP contribution in [0.2, 0.25) is 0 Å². The first kappa shape index (κ1) is 17.0. The third kappa shape index (κ3) is 4.15. The SMILES string of the molecule is Cc1noc(-c2cccnc2N(C)Cc2cccc(OC(C)C)c2)n1. The third-order valence-corrected chi connectivity index (χ3v) is 3.60. The molecule has 0 N–H and O–H groups in total. The van der Waals surface area contributed by atoms with Crippen LogP contribution >= 0.6 is 0 Å². The van der Waals surface area contributed by atoms with Crippen LogP contribution in [0.25, 0.3) is 11.5 Å². The summed E-state index contributed by atoms with van der Waals surface area (Å²) < 4.78 is 11.1. The zero-order valence-corrected chi connectivity index (χ0v) is 14.9. The van der Waals surface area contributed by atoms with Gasteiger partial charge in [-0.1, -0.05) is 17.3 Å². The average Bonchev–Trinajstić information content (AvgIpc) is 3.01. The van der Waals surface area contributed by atoms with Gasteiger partial charge in [0.25, 0.3) is 5.89 Å². The minimum absolute atomic E-state index is 0.149. The second-order valence-corrected chi connectivity index (χ2v) is 6.19. The number of anilines is 1. The maximum absolute atomic E-state index is 5.77. The third-order valence-electron chi connectivity index (χ3n) is 3.60. The van der Waals surface area contributed by atoms with E-state index in [4.69, 9.17) is 9.26 Å². The smallest absolute Gasteiger partial charge is 0.261 e. The average molecular weight is 338 g/mol. The number of aryl methyl sites for hydroxylation is 1. The van der Waals surface area contributed by atoms with Gasteiger partial charge in [0.05, 0.1) is 11.7 Å². The van der Waals surface area contributed by atoms with E-state index < -0.39 is 0 Å². The molecule has 0 aliphatic carbocycles. The van der Waals surface area contributed by atoms with Gasteiger partial charge in [0.1, 0.15) is 11.6 Å². The molecule has 3 rings (SSSR count). The Balaban J connectivity index is 1.84. The molecule has 1 aromatic carbocycles. The van der Waals surface area contributed by atoms with Gasteiger partial charge in [-0.15, -0.1) is 0 Å². The molecule has 0 aliphatic rings. The summed E-state index contributed by atoms with van der Waals surface area (Å²) in [5.74, 6) is 2.74. The van der Waals surface area contributed by atoms with E-state index in [1.54, 1.807) is 13.1 Å². The Hall–Kier alpha value is -2.89. The van der Waals surface area contributed by atoms with Crippen molar-refractivity contribution >= 4 is 5.82 Å². The summed E-state index contributed by atoms with van der Waals surface area (Å²) >= 11 is 0. The molecule has 2 aromatic heterocycles. The highest BCUT2D eigenvalue weighted by molar-refractivity contribution is 5.69. The largest absolute Gasteiger partial charge is 0.491 e. The lowest BCUT2D eigenvalue weighted by atomic mass is 10.2. The Kier molecular flexibility index (Phi) is 4.97. The van der Waals surface area contributed by atoms with Crippen molar-refractivity contribution in [3.63, 3.8) is 0 Å². The molecule has 0 atom stereocenters. The molecule has 2 heterocycles. The lowest BCUT2D eigenvalue weighted by Gasteiger charge is -2.20. The van der Waals surface area contributed by atoms with Crippen LogP contribution < -0.4 is 9.64 Å². The van der Waals surface area contributed by atoms with Crippen molar-refractivity contribution in [1.82, 2.24) is 15.1 Å². The van der Waals surface area contributed by atoms with Gasteiger partial charge in [-0.05, 0) is 50.6 Å². The summed E-state index contributed by atoms with van der Waals surface area (Å²) in [5.41, 5.74) is 1.96. The van der Waals surface area contributed by atoms with Crippen molar-refractivity contribution in [3.05, 3.63) is 54.0 Å². The van der Waals surface area contributed by atoms with Crippen molar-refractivity contribution in [2.45, 2.75) is 33.4 Å². The van der Waals surface area contributed by atoms with Crippen LogP contribution in [-0.2, 0) is 6.54 Å². The van der Waals surface area contributed by atoms with Crippen molar-refractivity contribution in [3.8, 4) is 17.2 Å². The number of hydrogen-bond donors (Lipinski definition) is 0. The first-order valence-corrected chi connectivity index (χ1v) is 8.25. The van der Waals surface area contributed by atoms with Crippen LogP contribution in [-0.4, -0.2) is 28.3 Å². The lowest BCUT2D eigenvalue weighted by Crippen LogP contribution is -2.18. The Morgan fingerprint density at radius 1 is 1.20 bits per heavy atom. The highest BCUT2D eigenvalue weighted by atomic mass is 16.5. The van der Waals surface area contributed by atoms with Crippen molar-refractivity contribution in [2.75, 3.05) is 11.9 Å². The van der Waals surface area contributed by atoms with Gasteiger partial charge >= 0.3 is 0 Å². The van der Waals surface area contributed by atoms with Gasteiger partial charge in [0.2, 0.25) is 0 Å². The van der Waals surface area contributed by atoms with Crippen LogP contribution in [0.5, 0.6) is 5.75 Å². The highest BCUT2D eigenvalue weighted by Gasteiger charge is 2.16. The van der Waals surface area contributed by atoms with Gasteiger partial charge < -0.3 is 14.2 Å². The molecule has 0 amide bonds. The number of rotatable bonds is 6. The van der Waals surface area contributed by atoms with E-state index in [2.05, 4.69) is 32.2 Å². The quantitative estimate of drug-likeness (QED) is 0.680. The molecule has 6 heteroatoms. The summed E-state index contributed by atoms with van der Waals surface area (Å²) in [6.45, 7) is 6.52. The Labute approximate surface area is 147 Å². The molecule has 0 saturated carbocycles. The molecule has 0 aliphatic heterocycles. The number of aromatic nitrogens is 3. The van der Waals surface area contributed by atoms with Gasteiger partial charge in [-0.25, -0.2) is 4.98 Å². The Morgan fingerprint density at radius 3 is 2.76 bits per heavy atom. The van der Waals surface area contributed by atoms with E-state index in [0.29, 0.717) is 18.3 Å². The van der Waals surface area contributed by atoms with E-state index in [1.807, 2.05) is 45.2 Å². The van der Waals surface area contributed by atoms with E-state index in [9.17, 15) is 0 Å². The lowest BCUT2D eigenvalue weighted by molar-refractivity contribution is 0.242. The van der Waals surface area contributed by atoms with Gasteiger partial charge in [-0.2, -0.15) is 4.98 Å². The molecule has 3 aromatic rings. The normalized spacial score (nSPS) is 10.9. The number of pyridine rings is 1. The zero-order chi connectivity index (χ0) is 17.8. The van der Waals surface area contributed by atoms with Crippen LogP contribution in [0.3, 0.4) is 0 Å². The first-order chi connectivity index (χ1) is 12.0. The predicted molar refractivity (Wildman–Crippen MR) is 96.6 cm³/mol. The summed E-state index contributed by atoms with van der Waals surface area (Å²) in [4.78, 5) is 10.9. The Bertz CT molecular complexity index is 845. The number of benzene rings is 1. The number of hydrogen-bond acceptors (Lipinski definition) is 6. The standard InChI is InChI=1S/C19H22N4O2/c1-13(2)24-16-8-5-7-15(11-16)12-23(4)18-17(9-6-10-20-18)19-21-14(3)22-25-19/h5-11,13H,12H2,1-4H3. The number of ether oxygens (including phenoxy) is 1. The highest BCUT2D eigenvalue weighted by Crippen LogP contribution is 2.28. The summed E-state index contributed by atoms with van der Waals surface area (Å²) in [6, 6.07) is 11.9. The second-order valence-electron chi connectivity index (χ2n) is 6.19. The molecule has 0 unspecified atom stereocenters. The summed E-state index contributed by atoms with van der Waals surface area (Å²) in [6.07, 6.45) is 1.91. The van der Waals surface area contributed by atoms with Crippen LogP contribution in [0.15, 0.2) is 47.1 Å². The van der Waals surface area contributed by atoms with E-state index in [-0.39, 0.29) is 6.10 Å². The fourth-order valence-electron chi connectivity index (χ4n) is 2.61. The zero-order valence-electron chi connectivity index (χ0n) is 14.9. The number of nitrogens with zero attached hydrogens (tertiary/aromatic N) is 4. The van der Waals surface area contributed by atoms with E-state index in [0.717, 1.165) is 22.7 Å². The van der Waals surface area contributed by atoms with E-state index >= 15 is 0 Å².